The minimum absolute atomic E-state index is 0.0362. The second-order valence-electron chi connectivity index (χ2n) is 35.4. The number of aromatic carboxylic acids is 1. The van der Waals surface area contributed by atoms with E-state index in [1.54, 1.807) is 82.4 Å². The van der Waals surface area contributed by atoms with Gasteiger partial charge in [-0.2, -0.15) is 11.8 Å². The van der Waals surface area contributed by atoms with Crippen molar-refractivity contribution in [3.63, 3.8) is 0 Å². The van der Waals surface area contributed by atoms with Crippen LogP contribution in [0.25, 0.3) is 44.3 Å². The van der Waals surface area contributed by atoms with Gasteiger partial charge in [-0.05, 0) is 197 Å². The number of benzene rings is 6. The van der Waals surface area contributed by atoms with Crippen LogP contribution in [-0.2, 0) is 76.8 Å². The number of carbonyl (C=O) groups excluding carboxylic acids is 12. The van der Waals surface area contributed by atoms with Crippen LogP contribution < -0.4 is 70.9 Å². The Morgan fingerprint density at radius 2 is 1.02 bits per heavy atom. The third-order valence-electron chi connectivity index (χ3n) is 24.3. The number of nitrogens with one attached hydrogen (secondary N) is 10. The average Bonchev–Trinajstić information content (AvgIpc) is 1.02. The Morgan fingerprint density at radius 3 is 1.66 bits per heavy atom. The number of hydrogen-bond donors (Lipinski definition) is 18. The Morgan fingerprint density at radius 1 is 0.474 bits per heavy atom. The number of aliphatic carboxylic acids is 1. The predicted octanol–water partition coefficient (Wildman–Crippen LogP) is 5.74. The molecule has 726 valence electrons. The molecule has 26 N–H and O–H groups in total. The maximum Gasteiger partial charge on any atom is 0.336 e. The highest BCUT2D eigenvalue weighted by Gasteiger charge is 2.39. The van der Waals surface area contributed by atoms with E-state index < -0.39 is 173 Å². The molecule has 5 aromatic carbocycles. The number of unbranched alkanes of at least 4 members (excludes halogenated alkanes) is 3. The van der Waals surface area contributed by atoms with Crippen molar-refractivity contribution in [2.75, 3.05) is 51.3 Å². The normalized spacial score (nSPS) is 13.7. The molecule has 0 saturated carbocycles. The van der Waals surface area contributed by atoms with Gasteiger partial charge in [-0.1, -0.05) is 94.4 Å². The average molecular weight is 1880 g/mol. The number of phenols is 2. The SMILES string of the molecule is CSCC[C@H](NC(=O)[C@@H](CC(=O)[C@@H](NC(=O)[C@@H](CC(=O)[C@H](Cc1ccccc1)NC(=O)[C@H](CCCNC(=N)[NH3+])CC(=O)[C@H](CCCC[NH3+])NC(=O)CCNC(=O)CCNC(=O)c1ccc(-c2c3ccc(=O)cc-3oc3cc(O)ccc23)c(C(=O)O)c1)Cc1ccc(O)cc1)C(C)C)C(C)C)C(=O)C[C@@H](Cc1c[nH]c2ccccc12)C(=O)N[C@@H](CCCC[NH3+])C(=O)C[C@@H](CCCC[NH3+])C(=O)O. The van der Waals surface area contributed by atoms with Gasteiger partial charge >= 0.3 is 11.9 Å². The summed E-state index contributed by atoms with van der Waals surface area (Å²) in [5.41, 5.74) is 18.4. The Balaban J connectivity index is 0.948. The van der Waals surface area contributed by atoms with Crippen molar-refractivity contribution in [2.24, 2.45) is 41.4 Å². The highest BCUT2D eigenvalue weighted by atomic mass is 32.2. The van der Waals surface area contributed by atoms with Crippen molar-refractivity contribution in [3.8, 4) is 33.9 Å². The number of quaternary nitrogens is 4. The molecule has 35 heteroatoms. The third-order valence-corrected chi connectivity index (χ3v) is 24.9. The molecule has 6 aromatic rings. The van der Waals surface area contributed by atoms with E-state index in [2.05, 4.69) is 70.5 Å². The summed E-state index contributed by atoms with van der Waals surface area (Å²) >= 11 is 1.42. The number of guanidine groups is 1. The van der Waals surface area contributed by atoms with Gasteiger partial charge < -0.3 is 89.6 Å². The lowest BCUT2D eigenvalue weighted by Crippen LogP contribution is -2.63. The van der Waals surface area contributed by atoms with E-state index >= 15 is 24.0 Å². The topological polar surface area (TPSA) is 597 Å². The molecule has 34 nitrogen and oxygen atoms in total. The molecule has 7 amide bonds. The number of carboxylic acids is 2. The zero-order chi connectivity index (χ0) is 98.4. The summed E-state index contributed by atoms with van der Waals surface area (Å²) in [5, 5.41) is 73.0. The maximum absolute atomic E-state index is 15.4. The molecule has 8 rings (SSSR count). The lowest BCUT2D eigenvalue weighted by Gasteiger charge is -2.29. The van der Waals surface area contributed by atoms with E-state index in [0.717, 1.165) is 10.9 Å². The van der Waals surface area contributed by atoms with Gasteiger partial charge in [-0.3, -0.25) is 72.9 Å². The van der Waals surface area contributed by atoms with Crippen LogP contribution >= 0.6 is 11.8 Å². The second kappa shape index (κ2) is 54.5. The number of aromatic amines is 1. The summed E-state index contributed by atoms with van der Waals surface area (Å²) in [5.74, 6) is -16.1. The Kier molecular flexibility index (Phi) is 43.4. The van der Waals surface area contributed by atoms with E-state index in [-0.39, 0.29) is 154 Å². The highest BCUT2D eigenvalue weighted by molar-refractivity contribution is 7.98. The first kappa shape index (κ1) is 108. The lowest BCUT2D eigenvalue weighted by atomic mass is 9.84. The molecule has 135 heavy (non-hydrogen) atoms. The molecule has 0 bridgehead atoms. The number of carboxylic acid groups (broad SMARTS) is 2. The van der Waals surface area contributed by atoms with Gasteiger partial charge in [0.15, 0.2) is 34.3 Å². The van der Waals surface area contributed by atoms with Crippen molar-refractivity contribution in [3.05, 3.63) is 178 Å². The zero-order valence-electron chi connectivity index (χ0n) is 77.8. The van der Waals surface area contributed by atoms with Gasteiger partial charge in [0.25, 0.3) is 11.9 Å². The largest absolute Gasteiger partial charge is 0.508 e. The summed E-state index contributed by atoms with van der Waals surface area (Å²) in [7, 11) is 0. The van der Waals surface area contributed by atoms with Gasteiger partial charge in [0, 0.05) is 140 Å². The summed E-state index contributed by atoms with van der Waals surface area (Å²) in [6, 6.07) is 28.5. The first-order valence-corrected chi connectivity index (χ1v) is 47.9. The van der Waals surface area contributed by atoms with Crippen LogP contribution in [0.2, 0.25) is 0 Å². The molecule has 0 spiro atoms. The molecule has 0 radical (unpaired) electrons. The third kappa shape index (κ3) is 33.6. The first-order valence-electron chi connectivity index (χ1n) is 46.5. The number of thioether (sulfide) groups is 1. The Hall–Kier alpha value is -12.8. The van der Waals surface area contributed by atoms with Crippen LogP contribution in [0.1, 0.15) is 187 Å². The number of amides is 7. The predicted molar refractivity (Wildman–Crippen MR) is 510 cm³/mol. The number of H-pyrrole nitrogens is 1. The molecular weight excluding hydrogens is 1750 g/mol. The maximum atomic E-state index is 15.4. The number of carbonyl (C=O) groups is 14. The molecule has 0 fully saturated rings. The summed E-state index contributed by atoms with van der Waals surface area (Å²) in [4.78, 5) is 216. The number of phenolic OH excluding ortho intramolecular Hbond substituents is 2. The number of fused-ring (bicyclic) bond motifs is 3. The molecule has 1 aromatic heterocycles. The number of aromatic nitrogens is 1. The number of aromatic hydroxyl groups is 2. The molecule has 2 aliphatic rings. The van der Waals surface area contributed by atoms with E-state index in [0.29, 0.717) is 97.1 Å². The molecule has 10 atom stereocenters. The second-order valence-corrected chi connectivity index (χ2v) is 36.3. The van der Waals surface area contributed by atoms with Gasteiger partial charge in [0.1, 0.15) is 22.8 Å². The number of Topliss-reactive ketones (excluding diaryl/α,β-unsaturated/α-hetero) is 5. The lowest BCUT2D eigenvalue weighted by molar-refractivity contribution is -0.369. The Bertz CT molecular complexity index is 5450. The minimum atomic E-state index is -1.38. The fourth-order valence-corrected chi connectivity index (χ4v) is 17.1. The fourth-order valence-electron chi connectivity index (χ4n) is 16.7. The summed E-state index contributed by atoms with van der Waals surface area (Å²) in [6.45, 7) is 8.34. The number of ketones is 5. The van der Waals surface area contributed by atoms with Crippen LogP contribution in [0.5, 0.6) is 11.5 Å². The molecule has 2 heterocycles. The van der Waals surface area contributed by atoms with E-state index in [1.165, 1.54) is 72.4 Å². The molecular formula is C100H134N14O20S+4. The van der Waals surface area contributed by atoms with Crippen molar-refractivity contribution in [2.45, 2.75) is 199 Å². The minimum Gasteiger partial charge on any atom is -0.508 e. The van der Waals surface area contributed by atoms with Gasteiger partial charge in [-0.25, -0.2) is 10.2 Å². The van der Waals surface area contributed by atoms with E-state index in [1.807, 2.05) is 30.5 Å². The molecule has 0 saturated heterocycles. The fraction of sp³-hybridized carbons (Fsp3) is 0.460. The van der Waals surface area contributed by atoms with Crippen LogP contribution in [0, 0.1) is 46.8 Å². The Labute approximate surface area is 789 Å². The monoisotopic (exact) mass is 1880 g/mol. The highest BCUT2D eigenvalue weighted by Crippen LogP contribution is 2.43. The molecule has 1 aliphatic heterocycles. The van der Waals surface area contributed by atoms with Crippen LogP contribution in [0.4, 0.5) is 0 Å². The van der Waals surface area contributed by atoms with Gasteiger partial charge in [0.2, 0.25) is 35.4 Å². The van der Waals surface area contributed by atoms with Crippen LogP contribution in [0.15, 0.2) is 149 Å². The summed E-state index contributed by atoms with van der Waals surface area (Å²) < 4.78 is 5.92. The van der Waals surface area contributed by atoms with Crippen molar-refractivity contribution in [1.82, 2.24) is 47.5 Å². The molecule has 1 aliphatic carbocycles. The van der Waals surface area contributed by atoms with Crippen molar-refractivity contribution < 1.29 is 115 Å². The van der Waals surface area contributed by atoms with E-state index in [9.17, 15) is 68.4 Å². The number of hydrogen-bond acceptors (Lipinski definition) is 20. The van der Waals surface area contributed by atoms with Crippen LogP contribution in [0.3, 0.4) is 0 Å². The number of rotatable bonds is 61. The summed E-state index contributed by atoms with van der Waals surface area (Å²) in [6.07, 6.45) is 5.20. The number of para-hydroxylation sites is 1. The smallest absolute Gasteiger partial charge is 0.336 e. The van der Waals surface area contributed by atoms with Crippen LogP contribution in [-0.4, -0.2) is 195 Å². The molecule has 0 unspecified atom stereocenters. The van der Waals surface area contributed by atoms with Gasteiger partial charge in [-0.15, -0.1) is 0 Å². The van der Waals surface area contributed by atoms with Crippen molar-refractivity contribution in [1.29, 1.82) is 5.41 Å². The zero-order valence-corrected chi connectivity index (χ0v) is 78.6. The quantitative estimate of drug-likeness (QED) is 0.00934. The standard InChI is InChI=1S/C100H130N14O20S/c1-58(2)75(97(129)112-80(38-45-135-5)84(120)53-66(48-67-57-109-77-23-10-9-22-71(67)77)95(127)111-79(25-13-16-41-103)83(119)51-64(98(130)131)20-11-14-39-101)56-86(122)92(59(3)4)114-96(128)65(46-61-26-29-68(115)30-27-61)52-85(121)81(47-60-18-7-6-8-19-60)113-94(126)62(21-17-42-108-100(104)105)50-82(118)78(24-12-15-40-102)110-90(124)37-43-106-89(123)36-44-107-93(125)63-28-33-72(76(49-63)99(132)133)91-73-34-31-69(116)54-87(73)134-88-55-70(117)32-35-74(88)91/h6-10,18-19,22-23,26-35,49,54-55,57-59,62,64-66,75,78-81,92,109,115-116H,11-17,20-21,24-25,36-48,50-53,56,101-103H2,1-5H3,(H,106,123)(H,107,125)(H,110,124)(H,111,127)(H,112,129)(H,113,126)(H,114,128)(H,130,131)(H,132,133)(H4,104,105,108)/p+4/t62-,64-,65-,66-,75+,78+,79+,80+,81+,92+/m1/s1. The van der Waals surface area contributed by atoms with E-state index in [4.69, 9.17) is 9.83 Å². The first-order chi connectivity index (χ1) is 64.6. The van der Waals surface area contributed by atoms with Gasteiger partial charge in [0.05, 0.1) is 61.3 Å². The van der Waals surface area contributed by atoms with Crippen molar-refractivity contribution >= 4 is 122 Å².